The highest BCUT2D eigenvalue weighted by Gasteiger charge is 2.76. The molecule has 3 amide bonds. The minimum atomic E-state index is -4.25. The van der Waals surface area contributed by atoms with E-state index in [-0.39, 0.29) is 50.5 Å². The van der Waals surface area contributed by atoms with Gasteiger partial charge in [-0.05, 0) is 12.1 Å². The first-order chi connectivity index (χ1) is 19.6. The first-order valence-corrected chi connectivity index (χ1v) is 13.1. The number of benzene rings is 2. The van der Waals surface area contributed by atoms with Crippen LogP contribution in [0.25, 0.3) is 0 Å². The summed E-state index contributed by atoms with van der Waals surface area (Å²) >= 11 is 0. The molecule has 3 aliphatic rings. The monoisotopic (exact) mass is 609 g/mol. The summed E-state index contributed by atoms with van der Waals surface area (Å²) in [6.07, 6.45) is 0. The zero-order valence-electron chi connectivity index (χ0n) is 21.8. The van der Waals surface area contributed by atoms with E-state index in [1.54, 1.807) is 0 Å². The number of amides is 3. The maximum atomic E-state index is 13.2. The number of phenols is 3. The highest BCUT2D eigenvalue weighted by molar-refractivity contribution is 7.28. The number of aliphatic hydroxyl groups is 5. The number of hydrogen-bond acceptors (Lipinski definition) is 14. The van der Waals surface area contributed by atoms with Gasteiger partial charge in [0.15, 0.2) is 11.5 Å². The van der Waals surface area contributed by atoms with Gasteiger partial charge in [0.2, 0.25) is 0 Å². The lowest BCUT2D eigenvalue weighted by Crippen LogP contribution is -2.85. The fraction of sp³-hybridized carbons (Fsp3) is 0.400. The number of carbonyl (C=O) groups is 3. The summed E-state index contributed by atoms with van der Waals surface area (Å²) in [6, 6.07) is 4.00. The van der Waals surface area contributed by atoms with E-state index in [0.717, 1.165) is 0 Å². The van der Waals surface area contributed by atoms with Crippen molar-refractivity contribution in [3.63, 3.8) is 0 Å². The summed E-state index contributed by atoms with van der Waals surface area (Å²) in [7, 11) is 2.27. The number of rotatable bonds is 6. The standard InChI is InChI=1S/C25H28N3O13P/c29-16-13(8-27-4-6-40-7-5-27)18(31)19(42)14(17(16)30)10-41-15-3-1-2-11-12(15)9-28(20(11)32)23(35)21(33)26-22(34)24(36,37)25(23,38)39/h1-3,29-31,35-39H,4-10,42H2,(H,26,33,34). The molecule has 0 saturated carbocycles. The Balaban J connectivity index is 1.42. The molecule has 2 aromatic carbocycles. The highest BCUT2D eigenvalue weighted by Crippen LogP contribution is 2.43. The van der Waals surface area contributed by atoms with E-state index in [1.807, 2.05) is 4.90 Å². The Hall–Kier alpha value is -3.60. The molecule has 5 rings (SSSR count). The number of carbonyl (C=O) groups excluding carboxylic acids is 3. The predicted molar refractivity (Wildman–Crippen MR) is 140 cm³/mol. The van der Waals surface area contributed by atoms with Gasteiger partial charge in [0.05, 0.1) is 25.3 Å². The molecular formula is C25H28N3O13P. The van der Waals surface area contributed by atoms with Gasteiger partial charge < -0.3 is 50.3 Å². The van der Waals surface area contributed by atoms with Gasteiger partial charge in [-0.3, -0.25) is 29.5 Å². The molecule has 42 heavy (non-hydrogen) atoms. The second-order valence-corrected chi connectivity index (χ2v) is 10.6. The fourth-order valence-electron chi connectivity index (χ4n) is 5.11. The fourth-order valence-corrected chi connectivity index (χ4v) is 5.50. The highest BCUT2D eigenvalue weighted by atomic mass is 31.0. The van der Waals surface area contributed by atoms with Crippen molar-refractivity contribution in [1.82, 2.24) is 15.1 Å². The lowest BCUT2D eigenvalue weighted by molar-refractivity contribution is -0.407. The first kappa shape index (κ1) is 29.9. The van der Waals surface area contributed by atoms with Crippen LogP contribution in [0.4, 0.5) is 0 Å². The van der Waals surface area contributed by atoms with E-state index in [0.29, 0.717) is 26.3 Å². The van der Waals surface area contributed by atoms with Gasteiger partial charge in [-0.15, -0.1) is 9.24 Å². The first-order valence-electron chi connectivity index (χ1n) is 12.5. The molecule has 0 aromatic heterocycles. The topological polar surface area (TPSA) is 250 Å². The van der Waals surface area contributed by atoms with Crippen LogP contribution >= 0.6 is 9.24 Å². The molecule has 0 spiro atoms. The van der Waals surface area contributed by atoms with Crippen LogP contribution in [0.1, 0.15) is 27.0 Å². The van der Waals surface area contributed by atoms with Crippen LogP contribution in [0, 0.1) is 0 Å². The SMILES string of the molecule is O=C1c2cccc(OCc3c(O)c(O)c(CN4CCOCC4)c(O)c3P)c2CN1C1(O)C(=O)NC(=O)C(O)(O)C1(O)O. The molecule has 16 nitrogen and oxygen atoms in total. The number of nitrogens with one attached hydrogen (secondary N) is 1. The Kier molecular flexibility index (Phi) is 7.32. The van der Waals surface area contributed by atoms with Crippen molar-refractivity contribution in [2.75, 3.05) is 26.3 Å². The van der Waals surface area contributed by atoms with Crippen LogP contribution in [0.2, 0.25) is 0 Å². The van der Waals surface area contributed by atoms with Crippen LogP contribution in [-0.4, -0.2) is 112 Å². The van der Waals surface area contributed by atoms with Crippen LogP contribution < -0.4 is 15.4 Å². The molecule has 0 radical (unpaired) electrons. The number of hydrogen-bond donors (Lipinski definition) is 9. The van der Waals surface area contributed by atoms with Crippen molar-refractivity contribution in [2.45, 2.75) is 37.0 Å². The number of imide groups is 1. The van der Waals surface area contributed by atoms with Crippen LogP contribution in [0.5, 0.6) is 23.0 Å². The number of piperidine rings is 1. The summed E-state index contributed by atoms with van der Waals surface area (Å²) in [6.45, 7) is 1.04. The average molecular weight is 609 g/mol. The maximum Gasteiger partial charge on any atom is 0.306 e. The van der Waals surface area contributed by atoms with E-state index in [2.05, 4.69) is 9.24 Å². The minimum absolute atomic E-state index is 0.0140. The quantitative estimate of drug-likeness (QED) is 0.0504. The van der Waals surface area contributed by atoms with Gasteiger partial charge in [0, 0.05) is 41.6 Å². The third-order valence-electron chi connectivity index (χ3n) is 7.67. The molecule has 2 unspecified atom stereocenters. The zero-order valence-corrected chi connectivity index (χ0v) is 22.9. The number of aromatic hydroxyl groups is 3. The molecule has 9 N–H and O–H groups in total. The van der Waals surface area contributed by atoms with Crippen molar-refractivity contribution in [2.24, 2.45) is 0 Å². The zero-order chi connectivity index (χ0) is 30.8. The van der Waals surface area contributed by atoms with E-state index < -0.39 is 59.7 Å². The van der Waals surface area contributed by atoms with Crippen molar-refractivity contribution >= 4 is 32.3 Å². The Morgan fingerprint density at radius 1 is 0.929 bits per heavy atom. The third-order valence-corrected chi connectivity index (χ3v) is 8.29. The van der Waals surface area contributed by atoms with Gasteiger partial charge in [-0.25, -0.2) is 0 Å². The second kappa shape index (κ2) is 10.3. The van der Waals surface area contributed by atoms with E-state index in [9.17, 15) is 55.2 Å². The molecule has 2 atom stereocenters. The normalized spacial score (nSPS) is 23.6. The summed E-state index contributed by atoms with van der Waals surface area (Å²) in [5, 5.41) is 85.5. The number of ether oxygens (including phenoxy) is 2. The van der Waals surface area contributed by atoms with Crippen molar-refractivity contribution < 1.29 is 64.7 Å². The van der Waals surface area contributed by atoms with Crippen LogP contribution in [0.15, 0.2) is 18.2 Å². The molecule has 2 aromatic rings. The van der Waals surface area contributed by atoms with Crippen LogP contribution in [-0.2, 0) is 34.0 Å². The Morgan fingerprint density at radius 3 is 2.24 bits per heavy atom. The minimum Gasteiger partial charge on any atom is -0.507 e. The van der Waals surface area contributed by atoms with Crippen molar-refractivity contribution in [1.29, 1.82) is 0 Å². The molecule has 0 aliphatic carbocycles. The Bertz CT molecular complexity index is 1460. The van der Waals surface area contributed by atoms with Crippen molar-refractivity contribution in [3.8, 4) is 23.0 Å². The molecule has 3 heterocycles. The van der Waals surface area contributed by atoms with Gasteiger partial charge in [0.25, 0.3) is 29.2 Å². The summed E-state index contributed by atoms with van der Waals surface area (Å²) in [5.41, 5.74) is -3.82. The largest absolute Gasteiger partial charge is 0.507 e. The average Bonchev–Trinajstić information content (AvgIpc) is 3.30. The van der Waals surface area contributed by atoms with Crippen LogP contribution in [0.3, 0.4) is 0 Å². The summed E-state index contributed by atoms with van der Waals surface area (Å²) < 4.78 is 11.1. The molecular weight excluding hydrogens is 581 g/mol. The second-order valence-electron chi connectivity index (χ2n) is 10.1. The number of nitrogens with zero attached hydrogens (tertiary/aromatic N) is 2. The number of morpholine rings is 1. The number of phenolic OH excluding ortho intramolecular Hbond substituents is 3. The lowest BCUT2D eigenvalue weighted by atomic mass is 9.86. The third kappa shape index (κ3) is 4.27. The molecule has 3 aliphatic heterocycles. The summed E-state index contributed by atoms with van der Waals surface area (Å²) in [4.78, 5) is 39.7. The summed E-state index contributed by atoms with van der Waals surface area (Å²) in [5.74, 6) is -14.7. The molecule has 2 fully saturated rings. The van der Waals surface area contributed by atoms with Gasteiger partial charge in [-0.2, -0.15) is 0 Å². The Morgan fingerprint density at radius 2 is 1.57 bits per heavy atom. The number of fused-ring (bicyclic) bond motifs is 1. The molecule has 226 valence electrons. The van der Waals surface area contributed by atoms with Crippen molar-refractivity contribution in [3.05, 3.63) is 40.5 Å². The molecule has 17 heteroatoms. The van der Waals surface area contributed by atoms with Gasteiger partial charge >= 0.3 is 5.79 Å². The lowest BCUT2D eigenvalue weighted by Gasteiger charge is -2.50. The van der Waals surface area contributed by atoms with E-state index in [4.69, 9.17) is 9.47 Å². The molecule has 0 bridgehead atoms. The Labute approximate surface area is 239 Å². The smallest absolute Gasteiger partial charge is 0.306 e. The van der Waals surface area contributed by atoms with Gasteiger partial charge in [-0.1, -0.05) is 6.07 Å². The van der Waals surface area contributed by atoms with E-state index in [1.165, 1.54) is 23.5 Å². The van der Waals surface area contributed by atoms with E-state index >= 15 is 0 Å². The predicted octanol–water partition coefficient (Wildman–Crippen LogP) is -3.62. The maximum absolute atomic E-state index is 13.2. The molecule has 2 saturated heterocycles. The van der Waals surface area contributed by atoms with Gasteiger partial charge in [0.1, 0.15) is 18.1 Å².